The Morgan fingerprint density at radius 1 is 1.18 bits per heavy atom. The zero-order chi connectivity index (χ0) is 24.6. The molecule has 0 saturated heterocycles. The summed E-state index contributed by atoms with van der Waals surface area (Å²) in [6, 6.07) is 12.6. The molecule has 0 fully saturated rings. The molecular weight excluding hydrogens is 475 g/mol. The Bertz CT molecular complexity index is 1270. The number of benzene rings is 2. The number of rotatable bonds is 5. The third-order valence-electron chi connectivity index (χ3n) is 5.99. The van der Waals surface area contributed by atoms with Crippen molar-refractivity contribution in [1.29, 1.82) is 5.26 Å². The normalized spacial score (nSPS) is 19.3. The first-order valence-electron chi connectivity index (χ1n) is 10.7. The second-order valence-corrected chi connectivity index (χ2v) is 9.98. The molecule has 2 N–H and O–H groups in total. The molecule has 1 aliphatic heterocycles. The molecule has 0 bridgehead atoms. The van der Waals surface area contributed by atoms with Crippen LogP contribution in [0.2, 0.25) is 10.0 Å². The van der Waals surface area contributed by atoms with E-state index < -0.39 is 5.92 Å². The van der Waals surface area contributed by atoms with Gasteiger partial charge in [0.05, 0.1) is 18.1 Å². The van der Waals surface area contributed by atoms with Gasteiger partial charge in [-0.3, -0.25) is 4.79 Å². The lowest BCUT2D eigenvalue weighted by Crippen LogP contribution is -2.33. The number of halogens is 2. The number of carbonyl (C=O) groups is 1. The van der Waals surface area contributed by atoms with Crippen LogP contribution in [-0.2, 0) is 16.1 Å². The molecule has 2 aliphatic rings. The van der Waals surface area contributed by atoms with Crippen LogP contribution in [0.5, 0.6) is 11.5 Å². The molecule has 0 saturated carbocycles. The fourth-order valence-corrected chi connectivity index (χ4v) is 4.79. The number of hydrogen-bond donors (Lipinski definition) is 1. The lowest BCUT2D eigenvalue weighted by molar-refractivity contribution is -0.119. The molecule has 176 valence electrons. The summed E-state index contributed by atoms with van der Waals surface area (Å²) in [5, 5.41) is 10.8. The topological polar surface area (TPSA) is 94.6 Å². The molecule has 1 aliphatic carbocycles. The standard InChI is InChI=1S/C26H24Cl2N2O4/c1-26(2)10-19(31)24-22(11-26)34-25(30)17(12-29)23(24)14-4-7-20(32-3)15(8-14)13-33-21-9-16(27)5-6-18(21)28/h4-9,23H,10-11,13,30H2,1-3H3. The van der Waals surface area contributed by atoms with Crippen LogP contribution >= 0.6 is 23.2 Å². The number of nitrogens with zero attached hydrogens (tertiary/aromatic N) is 1. The summed E-state index contributed by atoms with van der Waals surface area (Å²) in [4.78, 5) is 13.2. The van der Waals surface area contributed by atoms with Gasteiger partial charge >= 0.3 is 0 Å². The summed E-state index contributed by atoms with van der Waals surface area (Å²) in [7, 11) is 1.56. The van der Waals surface area contributed by atoms with E-state index in [4.69, 9.17) is 43.1 Å². The molecular formula is C26H24Cl2N2O4. The van der Waals surface area contributed by atoms with E-state index in [2.05, 4.69) is 6.07 Å². The quantitative estimate of drug-likeness (QED) is 0.540. The first kappa shape index (κ1) is 24.0. The van der Waals surface area contributed by atoms with Crippen molar-refractivity contribution in [2.45, 2.75) is 39.2 Å². The van der Waals surface area contributed by atoms with Gasteiger partial charge in [-0.15, -0.1) is 0 Å². The fraction of sp³-hybridized carbons (Fsp3) is 0.308. The van der Waals surface area contributed by atoms with Gasteiger partial charge in [0.2, 0.25) is 5.88 Å². The highest BCUT2D eigenvalue weighted by molar-refractivity contribution is 6.34. The van der Waals surface area contributed by atoms with Crippen LogP contribution < -0.4 is 15.2 Å². The van der Waals surface area contributed by atoms with Crippen molar-refractivity contribution < 1.29 is 19.0 Å². The number of carbonyl (C=O) groups excluding carboxylic acids is 1. The van der Waals surface area contributed by atoms with Crippen molar-refractivity contribution in [3.8, 4) is 17.6 Å². The molecule has 1 heterocycles. The predicted molar refractivity (Wildman–Crippen MR) is 129 cm³/mol. The van der Waals surface area contributed by atoms with Crippen LogP contribution in [0.1, 0.15) is 43.7 Å². The first-order valence-corrected chi connectivity index (χ1v) is 11.5. The van der Waals surface area contributed by atoms with E-state index in [-0.39, 0.29) is 29.3 Å². The number of methoxy groups -OCH3 is 1. The van der Waals surface area contributed by atoms with Gasteiger partial charge < -0.3 is 19.9 Å². The molecule has 0 amide bonds. The zero-order valence-corrected chi connectivity index (χ0v) is 20.6. The highest BCUT2D eigenvalue weighted by Crippen LogP contribution is 2.48. The van der Waals surface area contributed by atoms with Crippen molar-refractivity contribution in [2.24, 2.45) is 11.1 Å². The van der Waals surface area contributed by atoms with Gasteiger partial charge in [-0.05, 0) is 35.2 Å². The largest absolute Gasteiger partial charge is 0.496 e. The highest BCUT2D eigenvalue weighted by Gasteiger charge is 2.43. The number of nitrogens with two attached hydrogens (primary N) is 1. The molecule has 1 atom stereocenters. The van der Waals surface area contributed by atoms with E-state index in [0.717, 1.165) is 5.56 Å². The fourth-order valence-electron chi connectivity index (χ4n) is 4.45. The summed E-state index contributed by atoms with van der Waals surface area (Å²) in [5.74, 6) is 0.907. The summed E-state index contributed by atoms with van der Waals surface area (Å²) >= 11 is 12.3. The average molecular weight is 499 g/mol. The second-order valence-electron chi connectivity index (χ2n) is 9.14. The highest BCUT2D eigenvalue weighted by atomic mass is 35.5. The van der Waals surface area contributed by atoms with Gasteiger partial charge in [-0.1, -0.05) is 43.1 Å². The van der Waals surface area contributed by atoms with Crippen LogP contribution in [-0.4, -0.2) is 12.9 Å². The van der Waals surface area contributed by atoms with Gasteiger partial charge in [0.25, 0.3) is 0 Å². The Hall–Kier alpha value is -3.14. The van der Waals surface area contributed by atoms with E-state index in [1.54, 1.807) is 31.4 Å². The van der Waals surface area contributed by atoms with Crippen molar-refractivity contribution >= 4 is 29.0 Å². The SMILES string of the molecule is COc1ccc(C2C(C#N)=C(N)OC3=C2C(=O)CC(C)(C)C3)cc1COc1cc(Cl)ccc1Cl. The van der Waals surface area contributed by atoms with Gasteiger partial charge in [0.1, 0.15) is 35.5 Å². The summed E-state index contributed by atoms with van der Waals surface area (Å²) in [5.41, 5.74) is 8.01. The smallest absolute Gasteiger partial charge is 0.205 e. The van der Waals surface area contributed by atoms with E-state index in [1.807, 2.05) is 26.0 Å². The molecule has 4 rings (SSSR count). The Morgan fingerprint density at radius 2 is 1.94 bits per heavy atom. The first-order chi connectivity index (χ1) is 16.1. The minimum atomic E-state index is -0.628. The molecule has 0 radical (unpaired) electrons. The maximum absolute atomic E-state index is 13.2. The zero-order valence-electron chi connectivity index (χ0n) is 19.1. The predicted octanol–water partition coefficient (Wildman–Crippen LogP) is 6.03. The Kier molecular flexibility index (Phi) is 6.53. The number of allylic oxidation sites excluding steroid dienone is 3. The molecule has 34 heavy (non-hydrogen) atoms. The van der Waals surface area contributed by atoms with Gasteiger partial charge in [-0.25, -0.2) is 0 Å². The van der Waals surface area contributed by atoms with Crippen molar-refractivity contribution in [3.05, 3.63) is 80.4 Å². The van der Waals surface area contributed by atoms with E-state index in [9.17, 15) is 10.1 Å². The van der Waals surface area contributed by atoms with Crippen molar-refractivity contribution in [2.75, 3.05) is 7.11 Å². The van der Waals surface area contributed by atoms with Crippen molar-refractivity contribution in [3.63, 3.8) is 0 Å². The lowest BCUT2D eigenvalue weighted by atomic mass is 9.70. The van der Waals surface area contributed by atoms with E-state index >= 15 is 0 Å². The average Bonchev–Trinajstić information content (AvgIpc) is 2.77. The molecule has 1 unspecified atom stereocenters. The maximum Gasteiger partial charge on any atom is 0.205 e. The van der Waals surface area contributed by atoms with Gasteiger partial charge in [0, 0.05) is 35.1 Å². The third kappa shape index (κ3) is 4.59. The molecule has 0 spiro atoms. The van der Waals surface area contributed by atoms with Crippen LogP contribution in [0.3, 0.4) is 0 Å². The monoisotopic (exact) mass is 498 g/mol. The van der Waals surface area contributed by atoms with Gasteiger partial charge in [0.15, 0.2) is 5.78 Å². The van der Waals surface area contributed by atoms with Crippen molar-refractivity contribution in [1.82, 2.24) is 0 Å². The summed E-state index contributed by atoms with van der Waals surface area (Å²) < 4.78 is 17.2. The molecule has 0 aromatic heterocycles. The summed E-state index contributed by atoms with van der Waals surface area (Å²) in [6.07, 6.45) is 0.924. The number of ether oxygens (including phenoxy) is 3. The number of ketones is 1. The molecule has 8 heteroatoms. The number of Topliss-reactive ketones (excluding diaryl/α,β-unsaturated/α-hetero) is 1. The van der Waals surface area contributed by atoms with Crippen LogP contribution in [0.4, 0.5) is 0 Å². The second kappa shape index (κ2) is 9.25. The van der Waals surface area contributed by atoms with Crippen LogP contribution in [0.15, 0.2) is 59.2 Å². The van der Waals surface area contributed by atoms with E-state index in [0.29, 0.717) is 51.3 Å². The maximum atomic E-state index is 13.2. The lowest BCUT2D eigenvalue weighted by Gasteiger charge is -2.37. The molecule has 2 aromatic rings. The van der Waals surface area contributed by atoms with Gasteiger partial charge in [-0.2, -0.15) is 5.26 Å². The molecule has 6 nitrogen and oxygen atoms in total. The number of nitriles is 1. The van der Waals surface area contributed by atoms with Crippen LogP contribution in [0.25, 0.3) is 0 Å². The summed E-state index contributed by atoms with van der Waals surface area (Å²) in [6.45, 7) is 4.15. The number of hydrogen-bond acceptors (Lipinski definition) is 6. The Morgan fingerprint density at radius 3 is 2.65 bits per heavy atom. The Balaban J connectivity index is 1.76. The minimum Gasteiger partial charge on any atom is -0.496 e. The minimum absolute atomic E-state index is 0.0241. The molecule has 2 aromatic carbocycles. The van der Waals surface area contributed by atoms with E-state index in [1.165, 1.54) is 0 Å². The third-order valence-corrected chi connectivity index (χ3v) is 6.54. The Labute approximate surface area is 208 Å². The van der Waals surface area contributed by atoms with Crippen LogP contribution in [0, 0.1) is 16.7 Å².